The Labute approximate surface area is 169 Å². The van der Waals surface area contributed by atoms with Crippen LogP contribution in [0.1, 0.15) is 10.5 Å². The molecular weight excluding hydrogens is 372 g/mol. The third-order valence-corrected chi connectivity index (χ3v) is 5.15. The summed E-state index contributed by atoms with van der Waals surface area (Å²) < 4.78 is 5.44. The van der Waals surface area contributed by atoms with Crippen molar-refractivity contribution in [2.45, 2.75) is 0 Å². The number of carbonyl (C=O) groups excluding carboxylic acids is 2. The number of piperazine rings is 1. The number of ether oxygens (including phenoxy) is 1. The summed E-state index contributed by atoms with van der Waals surface area (Å²) in [4.78, 5) is 29.0. The molecule has 152 valence electrons. The summed E-state index contributed by atoms with van der Waals surface area (Å²) in [5.41, 5.74) is 2.33. The van der Waals surface area contributed by atoms with Crippen LogP contribution in [0.25, 0.3) is 0 Å². The van der Waals surface area contributed by atoms with E-state index in [2.05, 4.69) is 26.5 Å². The molecule has 9 heteroatoms. The number of anilines is 3. The fourth-order valence-corrected chi connectivity index (χ4v) is 3.50. The topological polar surface area (TPSA) is 90.9 Å². The zero-order valence-electron chi connectivity index (χ0n) is 16.2. The van der Waals surface area contributed by atoms with Gasteiger partial charge >= 0.3 is 0 Å². The lowest BCUT2D eigenvalue weighted by Crippen LogP contribution is -2.48. The molecule has 2 amide bonds. The van der Waals surface area contributed by atoms with Gasteiger partial charge in [-0.2, -0.15) is 0 Å². The van der Waals surface area contributed by atoms with Crippen LogP contribution in [0.3, 0.4) is 0 Å². The van der Waals surface area contributed by atoms with Crippen LogP contribution in [0.4, 0.5) is 17.2 Å². The van der Waals surface area contributed by atoms with Crippen LogP contribution in [0, 0.1) is 0 Å². The maximum Gasteiger partial charge on any atom is 0.274 e. The average molecular weight is 396 g/mol. The van der Waals surface area contributed by atoms with Gasteiger partial charge in [0.25, 0.3) is 5.91 Å². The number of nitrogens with zero attached hydrogens (tertiary/aromatic N) is 5. The largest absolute Gasteiger partial charge is 0.378 e. The molecule has 29 heavy (non-hydrogen) atoms. The average Bonchev–Trinajstić information content (AvgIpc) is 2.80. The van der Waals surface area contributed by atoms with Crippen LogP contribution in [-0.4, -0.2) is 84.8 Å². The fraction of sp³-hybridized carbons (Fsp3) is 0.400. The van der Waals surface area contributed by atoms with Crippen molar-refractivity contribution in [1.82, 2.24) is 20.0 Å². The lowest BCUT2D eigenvalue weighted by atomic mass is 10.2. The molecule has 3 heterocycles. The summed E-state index contributed by atoms with van der Waals surface area (Å²) in [5.74, 6) is 0.413. The standard InChI is InChI=1S/C20H24N6O3/c27-15-24-7-9-26(10-8-24)20(28)17-5-6-19(23-22-17)21-16-3-1-2-4-18(16)25-11-13-29-14-12-25/h1-6,15H,7-14H2,(H,21,23). The number of aromatic nitrogens is 2. The van der Waals surface area contributed by atoms with Crippen molar-refractivity contribution < 1.29 is 14.3 Å². The number of rotatable bonds is 5. The lowest BCUT2D eigenvalue weighted by molar-refractivity contribution is -0.119. The highest BCUT2D eigenvalue weighted by atomic mass is 16.5. The van der Waals surface area contributed by atoms with Crippen LogP contribution in [0.2, 0.25) is 0 Å². The molecule has 2 aliphatic heterocycles. The summed E-state index contributed by atoms with van der Waals surface area (Å²) in [7, 11) is 0. The molecule has 0 spiro atoms. The number of para-hydroxylation sites is 2. The van der Waals surface area contributed by atoms with Crippen molar-refractivity contribution in [3.8, 4) is 0 Å². The van der Waals surface area contributed by atoms with Crippen molar-refractivity contribution >= 4 is 29.5 Å². The Morgan fingerprint density at radius 3 is 2.41 bits per heavy atom. The Balaban J connectivity index is 1.43. The van der Waals surface area contributed by atoms with Crippen molar-refractivity contribution in [3.05, 3.63) is 42.1 Å². The molecule has 2 fully saturated rings. The van der Waals surface area contributed by atoms with Gasteiger partial charge in [-0.25, -0.2) is 0 Å². The van der Waals surface area contributed by atoms with Crippen molar-refractivity contribution in [2.24, 2.45) is 0 Å². The number of benzene rings is 1. The third kappa shape index (κ3) is 4.45. The van der Waals surface area contributed by atoms with Gasteiger partial charge in [-0.05, 0) is 24.3 Å². The molecular formula is C20H24N6O3. The molecule has 0 aliphatic carbocycles. The zero-order chi connectivity index (χ0) is 20.1. The van der Waals surface area contributed by atoms with E-state index in [0.717, 1.165) is 30.9 Å². The summed E-state index contributed by atoms with van der Waals surface area (Å²) in [6.45, 7) is 5.21. The molecule has 0 atom stereocenters. The van der Waals surface area contributed by atoms with Gasteiger partial charge < -0.3 is 24.8 Å². The second-order valence-corrected chi connectivity index (χ2v) is 6.98. The molecule has 0 radical (unpaired) electrons. The first-order valence-corrected chi connectivity index (χ1v) is 9.76. The maximum absolute atomic E-state index is 12.6. The molecule has 0 unspecified atom stereocenters. The monoisotopic (exact) mass is 396 g/mol. The van der Waals surface area contributed by atoms with Crippen molar-refractivity contribution in [1.29, 1.82) is 0 Å². The van der Waals surface area contributed by atoms with E-state index >= 15 is 0 Å². The number of amides is 2. The van der Waals surface area contributed by atoms with Gasteiger partial charge in [-0.1, -0.05) is 12.1 Å². The highest BCUT2D eigenvalue weighted by molar-refractivity contribution is 5.92. The zero-order valence-corrected chi connectivity index (χ0v) is 16.2. The first kappa shape index (κ1) is 19.1. The Hall–Kier alpha value is -3.20. The molecule has 1 N–H and O–H groups in total. The van der Waals surface area contributed by atoms with E-state index in [-0.39, 0.29) is 5.91 Å². The highest BCUT2D eigenvalue weighted by Gasteiger charge is 2.22. The van der Waals surface area contributed by atoms with Crippen LogP contribution < -0.4 is 10.2 Å². The summed E-state index contributed by atoms with van der Waals surface area (Å²) in [5, 5.41) is 11.6. The predicted molar refractivity (Wildman–Crippen MR) is 108 cm³/mol. The minimum atomic E-state index is -0.164. The van der Waals surface area contributed by atoms with E-state index in [1.54, 1.807) is 21.9 Å². The minimum absolute atomic E-state index is 0.164. The Morgan fingerprint density at radius 1 is 0.966 bits per heavy atom. The van der Waals surface area contributed by atoms with Crippen molar-refractivity contribution in [3.63, 3.8) is 0 Å². The summed E-state index contributed by atoms with van der Waals surface area (Å²) in [6, 6.07) is 11.5. The first-order valence-electron chi connectivity index (χ1n) is 9.76. The number of hydrogen-bond acceptors (Lipinski definition) is 7. The number of hydrogen-bond donors (Lipinski definition) is 1. The molecule has 9 nitrogen and oxygen atoms in total. The second-order valence-electron chi connectivity index (χ2n) is 6.98. The van der Waals surface area contributed by atoms with Crippen LogP contribution in [0.5, 0.6) is 0 Å². The van der Waals surface area contributed by atoms with E-state index in [4.69, 9.17) is 4.74 Å². The second kappa shape index (κ2) is 8.87. The van der Waals surface area contributed by atoms with Crippen molar-refractivity contribution in [2.75, 3.05) is 62.7 Å². The van der Waals surface area contributed by atoms with Crippen LogP contribution in [0.15, 0.2) is 36.4 Å². The van der Waals surface area contributed by atoms with Crippen LogP contribution >= 0.6 is 0 Å². The molecule has 2 aliphatic rings. The molecule has 4 rings (SSSR count). The molecule has 2 saturated heterocycles. The molecule has 1 aromatic heterocycles. The van der Waals surface area contributed by atoms with Gasteiger partial charge in [-0.3, -0.25) is 9.59 Å². The van der Waals surface area contributed by atoms with Crippen LogP contribution in [-0.2, 0) is 9.53 Å². The number of morpholine rings is 1. The smallest absolute Gasteiger partial charge is 0.274 e. The Bertz CT molecular complexity index is 846. The molecule has 2 aromatic rings. The quantitative estimate of drug-likeness (QED) is 0.753. The van der Waals surface area contributed by atoms with E-state index in [9.17, 15) is 9.59 Å². The summed E-state index contributed by atoms with van der Waals surface area (Å²) >= 11 is 0. The molecule has 0 bridgehead atoms. The normalized spacial score (nSPS) is 17.2. The highest BCUT2D eigenvalue weighted by Crippen LogP contribution is 2.28. The Kier molecular flexibility index (Phi) is 5.85. The number of nitrogens with one attached hydrogen (secondary N) is 1. The number of carbonyl (C=O) groups is 2. The van der Waals surface area contributed by atoms with Gasteiger partial charge in [0.2, 0.25) is 6.41 Å². The SMILES string of the molecule is O=CN1CCN(C(=O)c2ccc(Nc3ccccc3N3CCOCC3)nn2)CC1. The van der Waals surface area contributed by atoms with Gasteiger partial charge in [0.1, 0.15) is 0 Å². The third-order valence-electron chi connectivity index (χ3n) is 5.15. The Morgan fingerprint density at radius 2 is 1.72 bits per heavy atom. The predicted octanol–water partition coefficient (Wildman–Crippen LogP) is 0.971. The van der Waals surface area contributed by atoms with Gasteiger partial charge in [0.05, 0.1) is 24.6 Å². The van der Waals surface area contributed by atoms with E-state index in [0.29, 0.717) is 50.9 Å². The fourth-order valence-electron chi connectivity index (χ4n) is 3.50. The van der Waals surface area contributed by atoms with E-state index < -0.39 is 0 Å². The van der Waals surface area contributed by atoms with Gasteiger partial charge in [0, 0.05) is 39.3 Å². The molecule has 0 saturated carbocycles. The van der Waals surface area contributed by atoms with E-state index in [1.165, 1.54) is 0 Å². The minimum Gasteiger partial charge on any atom is -0.378 e. The lowest BCUT2D eigenvalue weighted by Gasteiger charge is -2.32. The van der Waals surface area contributed by atoms with E-state index in [1.807, 2.05) is 18.2 Å². The summed E-state index contributed by atoms with van der Waals surface area (Å²) in [6.07, 6.45) is 0.816. The van der Waals surface area contributed by atoms with Gasteiger partial charge in [-0.15, -0.1) is 10.2 Å². The molecule has 1 aromatic carbocycles. The van der Waals surface area contributed by atoms with Gasteiger partial charge in [0.15, 0.2) is 11.5 Å². The maximum atomic E-state index is 12.6. The first-order chi connectivity index (χ1) is 14.2.